The van der Waals surface area contributed by atoms with Gasteiger partial charge in [-0.15, -0.1) is 11.3 Å². The van der Waals surface area contributed by atoms with Gasteiger partial charge in [-0.05, 0) is 43.1 Å². The zero-order valence-electron chi connectivity index (χ0n) is 13.4. The maximum Gasteiger partial charge on any atom is 0.229 e. The van der Waals surface area contributed by atoms with Gasteiger partial charge in [-0.1, -0.05) is 37.6 Å². The SMILES string of the molecule is CCc1ccc(-c2csc(NC(=O)[C@@H]3C[C@H]4CC[C@@H]3C4)n2)cc1. The Labute approximate surface area is 141 Å². The average Bonchev–Trinajstić information content (AvgIpc) is 3.31. The molecule has 4 heteroatoms. The van der Waals surface area contributed by atoms with Crippen molar-refractivity contribution < 1.29 is 4.79 Å². The monoisotopic (exact) mass is 326 g/mol. The molecule has 2 fully saturated rings. The van der Waals surface area contributed by atoms with E-state index in [2.05, 4.69) is 41.5 Å². The highest BCUT2D eigenvalue weighted by atomic mass is 32.1. The molecule has 2 aliphatic carbocycles. The molecule has 3 atom stereocenters. The Morgan fingerprint density at radius 3 is 2.74 bits per heavy atom. The van der Waals surface area contributed by atoms with Crippen molar-refractivity contribution in [3.8, 4) is 11.3 Å². The van der Waals surface area contributed by atoms with Crippen LogP contribution in [0, 0.1) is 17.8 Å². The van der Waals surface area contributed by atoms with Crippen LogP contribution in [0.4, 0.5) is 5.13 Å². The molecule has 2 saturated carbocycles. The van der Waals surface area contributed by atoms with Crippen LogP contribution in [0.2, 0.25) is 0 Å². The number of fused-ring (bicyclic) bond motifs is 2. The van der Waals surface area contributed by atoms with Gasteiger partial charge in [-0.3, -0.25) is 4.79 Å². The molecule has 120 valence electrons. The Kier molecular flexibility index (Phi) is 3.93. The Balaban J connectivity index is 1.44. The molecule has 4 rings (SSSR count). The summed E-state index contributed by atoms with van der Waals surface area (Å²) in [5, 5.41) is 5.80. The van der Waals surface area contributed by atoms with Gasteiger partial charge in [-0.25, -0.2) is 4.98 Å². The summed E-state index contributed by atoms with van der Waals surface area (Å²) in [6, 6.07) is 8.50. The summed E-state index contributed by atoms with van der Waals surface area (Å²) in [5.41, 5.74) is 3.38. The second kappa shape index (κ2) is 6.08. The molecule has 1 aromatic heterocycles. The highest BCUT2D eigenvalue weighted by Gasteiger charge is 2.43. The number of amides is 1. The van der Waals surface area contributed by atoms with Gasteiger partial charge in [0.15, 0.2) is 5.13 Å². The van der Waals surface area contributed by atoms with Crippen LogP contribution < -0.4 is 5.32 Å². The normalized spacial score (nSPS) is 25.7. The van der Waals surface area contributed by atoms with Crippen LogP contribution in [-0.4, -0.2) is 10.9 Å². The van der Waals surface area contributed by atoms with Gasteiger partial charge < -0.3 is 5.32 Å². The molecule has 1 N–H and O–H groups in total. The lowest BCUT2D eigenvalue weighted by atomic mass is 9.88. The van der Waals surface area contributed by atoms with Crippen LogP contribution in [0.25, 0.3) is 11.3 Å². The third-order valence-electron chi connectivity index (χ3n) is 5.47. The summed E-state index contributed by atoms with van der Waals surface area (Å²) >= 11 is 1.52. The van der Waals surface area contributed by atoms with Gasteiger partial charge in [0.1, 0.15) is 0 Å². The molecular formula is C19H22N2OS. The van der Waals surface area contributed by atoms with Crippen LogP contribution in [0.3, 0.4) is 0 Å². The van der Waals surface area contributed by atoms with Crippen LogP contribution in [0.15, 0.2) is 29.6 Å². The van der Waals surface area contributed by atoms with Crippen molar-refractivity contribution in [1.82, 2.24) is 4.98 Å². The van der Waals surface area contributed by atoms with Gasteiger partial charge in [0.25, 0.3) is 0 Å². The first-order valence-electron chi connectivity index (χ1n) is 8.58. The van der Waals surface area contributed by atoms with Crippen molar-refractivity contribution in [1.29, 1.82) is 0 Å². The van der Waals surface area contributed by atoms with E-state index in [0.29, 0.717) is 5.92 Å². The molecule has 2 aromatic rings. The minimum Gasteiger partial charge on any atom is -0.302 e. The third kappa shape index (κ3) is 2.92. The number of thiazole rings is 1. The zero-order valence-corrected chi connectivity index (χ0v) is 14.2. The highest BCUT2D eigenvalue weighted by Crippen LogP contribution is 2.48. The first-order chi connectivity index (χ1) is 11.2. The number of carbonyl (C=O) groups is 1. The summed E-state index contributed by atoms with van der Waals surface area (Å²) in [4.78, 5) is 17.1. The standard InChI is InChI=1S/C19H22N2OS/c1-2-12-3-6-14(7-4-12)17-11-23-19(20-17)21-18(22)16-10-13-5-8-15(16)9-13/h3-4,6-7,11,13,15-16H,2,5,8-10H2,1H3,(H,20,21,22)/t13-,15+,16+/m0/s1. The number of carbonyl (C=O) groups excluding carboxylic acids is 1. The molecule has 1 aromatic carbocycles. The molecule has 2 bridgehead atoms. The van der Waals surface area contributed by atoms with Crippen LogP contribution in [0.1, 0.15) is 38.2 Å². The zero-order chi connectivity index (χ0) is 15.8. The number of nitrogens with zero attached hydrogens (tertiary/aromatic N) is 1. The van der Waals surface area contributed by atoms with Crippen LogP contribution >= 0.6 is 11.3 Å². The predicted molar refractivity (Wildman–Crippen MR) is 94.5 cm³/mol. The number of anilines is 1. The quantitative estimate of drug-likeness (QED) is 0.881. The first-order valence-corrected chi connectivity index (χ1v) is 9.46. The summed E-state index contributed by atoms with van der Waals surface area (Å²) in [6.45, 7) is 2.15. The van der Waals surface area contributed by atoms with Crippen molar-refractivity contribution in [2.45, 2.75) is 39.0 Å². The first kappa shape index (κ1) is 14.9. The van der Waals surface area contributed by atoms with E-state index in [1.54, 1.807) is 0 Å². The van der Waals surface area contributed by atoms with Crippen molar-refractivity contribution >= 4 is 22.4 Å². The average molecular weight is 326 g/mol. The fourth-order valence-corrected chi connectivity index (χ4v) is 4.86. The van der Waals surface area contributed by atoms with Gasteiger partial charge in [0, 0.05) is 16.9 Å². The fraction of sp³-hybridized carbons (Fsp3) is 0.474. The van der Waals surface area contributed by atoms with E-state index in [0.717, 1.165) is 35.1 Å². The van der Waals surface area contributed by atoms with Crippen molar-refractivity contribution in [3.63, 3.8) is 0 Å². The van der Waals surface area contributed by atoms with Crippen molar-refractivity contribution in [2.24, 2.45) is 17.8 Å². The third-order valence-corrected chi connectivity index (χ3v) is 6.22. The van der Waals surface area contributed by atoms with E-state index in [9.17, 15) is 4.79 Å². The number of nitrogens with one attached hydrogen (secondary N) is 1. The maximum absolute atomic E-state index is 12.5. The topological polar surface area (TPSA) is 42.0 Å². The van der Waals surface area contributed by atoms with E-state index >= 15 is 0 Å². The van der Waals surface area contributed by atoms with Crippen molar-refractivity contribution in [2.75, 3.05) is 5.32 Å². The maximum atomic E-state index is 12.5. The van der Waals surface area contributed by atoms with Crippen LogP contribution in [-0.2, 0) is 11.2 Å². The number of hydrogen-bond acceptors (Lipinski definition) is 3. The van der Waals surface area contributed by atoms with Gasteiger partial charge in [0.2, 0.25) is 5.91 Å². The molecule has 3 nitrogen and oxygen atoms in total. The Hall–Kier alpha value is -1.68. The lowest BCUT2D eigenvalue weighted by Gasteiger charge is -2.19. The summed E-state index contributed by atoms with van der Waals surface area (Å²) in [5.74, 6) is 1.80. The van der Waals surface area contributed by atoms with Gasteiger partial charge in [-0.2, -0.15) is 0 Å². The molecule has 1 heterocycles. The van der Waals surface area contributed by atoms with E-state index in [4.69, 9.17) is 0 Å². The van der Waals surface area contributed by atoms with E-state index < -0.39 is 0 Å². The highest BCUT2D eigenvalue weighted by molar-refractivity contribution is 7.14. The molecule has 0 unspecified atom stereocenters. The number of aromatic nitrogens is 1. The summed E-state index contributed by atoms with van der Waals surface area (Å²) in [7, 11) is 0. The number of hydrogen-bond donors (Lipinski definition) is 1. The van der Waals surface area contributed by atoms with E-state index in [-0.39, 0.29) is 11.8 Å². The second-order valence-corrected chi connectivity index (χ2v) is 7.72. The molecule has 2 aliphatic rings. The fourth-order valence-electron chi connectivity index (χ4n) is 4.14. The molecule has 1 amide bonds. The van der Waals surface area contributed by atoms with Crippen molar-refractivity contribution in [3.05, 3.63) is 35.2 Å². The molecule has 23 heavy (non-hydrogen) atoms. The Morgan fingerprint density at radius 2 is 2.09 bits per heavy atom. The Morgan fingerprint density at radius 1 is 1.26 bits per heavy atom. The smallest absolute Gasteiger partial charge is 0.229 e. The van der Waals surface area contributed by atoms with E-state index in [1.807, 2.05) is 5.38 Å². The minimum absolute atomic E-state index is 0.180. The molecule has 0 radical (unpaired) electrons. The molecular weight excluding hydrogens is 304 g/mol. The summed E-state index contributed by atoms with van der Waals surface area (Å²) in [6.07, 6.45) is 5.93. The molecule has 0 spiro atoms. The lowest BCUT2D eigenvalue weighted by Crippen LogP contribution is -2.27. The number of aryl methyl sites for hydroxylation is 1. The number of rotatable bonds is 4. The lowest BCUT2D eigenvalue weighted by molar-refractivity contribution is -0.121. The minimum atomic E-state index is 0.180. The van der Waals surface area contributed by atoms with Gasteiger partial charge in [0.05, 0.1) is 5.69 Å². The molecule has 0 aliphatic heterocycles. The van der Waals surface area contributed by atoms with Crippen LogP contribution in [0.5, 0.6) is 0 Å². The van der Waals surface area contributed by atoms with Gasteiger partial charge >= 0.3 is 0 Å². The summed E-state index contributed by atoms with van der Waals surface area (Å²) < 4.78 is 0. The largest absolute Gasteiger partial charge is 0.302 e. The molecule has 0 saturated heterocycles. The predicted octanol–water partition coefficient (Wildman–Crippen LogP) is 4.75. The number of benzene rings is 1. The van der Waals surface area contributed by atoms with E-state index in [1.165, 1.54) is 36.2 Å². The Bertz CT molecular complexity index is 706. The second-order valence-electron chi connectivity index (χ2n) is 6.86.